The molecule has 0 spiro atoms. The van der Waals surface area contributed by atoms with Crippen LogP contribution in [0.3, 0.4) is 0 Å². The second-order valence-electron chi connectivity index (χ2n) is 3.18. The number of hydrogen-bond acceptors (Lipinski definition) is 4. The Morgan fingerprint density at radius 1 is 1.53 bits per heavy atom. The zero-order valence-electron chi connectivity index (χ0n) is 9.62. The standard InChI is InChI=1S/C12H12ClNO3/c1-3-17-12(15)10-4-8(6-13)9(7-14)5-11(10)16-2/h4-5H,3,6H2,1-2H3. The maximum absolute atomic E-state index is 11.7. The highest BCUT2D eigenvalue weighted by atomic mass is 35.5. The van der Waals surface area contributed by atoms with Crippen LogP contribution in [0.5, 0.6) is 5.75 Å². The van der Waals surface area contributed by atoms with Crippen LogP contribution in [0.15, 0.2) is 12.1 Å². The van der Waals surface area contributed by atoms with Crippen molar-refractivity contribution in [3.63, 3.8) is 0 Å². The quantitative estimate of drug-likeness (QED) is 0.611. The summed E-state index contributed by atoms with van der Waals surface area (Å²) in [5, 5.41) is 8.92. The van der Waals surface area contributed by atoms with E-state index in [0.717, 1.165) is 0 Å². The fraction of sp³-hybridized carbons (Fsp3) is 0.333. The Morgan fingerprint density at radius 3 is 2.71 bits per heavy atom. The first-order valence-electron chi connectivity index (χ1n) is 5.02. The van der Waals surface area contributed by atoms with Crippen LogP contribution in [-0.4, -0.2) is 19.7 Å². The van der Waals surface area contributed by atoms with Gasteiger partial charge in [0.15, 0.2) is 0 Å². The number of carbonyl (C=O) groups is 1. The van der Waals surface area contributed by atoms with Gasteiger partial charge in [-0.15, -0.1) is 11.6 Å². The van der Waals surface area contributed by atoms with Gasteiger partial charge in [-0.25, -0.2) is 4.79 Å². The van der Waals surface area contributed by atoms with E-state index < -0.39 is 5.97 Å². The Labute approximate surface area is 105 Å². The molecule has 17 heavy (non-hydrogen) atoms. The summed E-state index contributed by atoms with van der Waals surface area (Å²) >= 11 is 5.72. The number of alkyl halides is 1. The van der Waals surface area contributed by atoms with Crippen LogP contribution in [0.4, 0.5) is 0 Å². The number of halogens is 1. The Morgan fingerprint density at radius 2 is 2.24 bits per heavy atom. The van der Waals surface area contributed by atoms with Gasteiger partial charge >= 0.3 is 5.97 Å². The average Bonchev–Trinajstić information content (AvgIpc) is 2.37. The van der Waals surface area contributed by atoms with Crippen LogP contribution in [0.25, 0.3) is 0 Å². The van der Waals surface area contributed by atoms with E-state index >= 15 is 0 Å². The van der Waals surface area contributed by atoms with Crippen LogP contribution in [0.1, 0.15) is 28.4 Å². The van der Waals surface area contributed by atoms with E-state index in [-0.39, 0.29) is 18.1 Å². The molecule has 0 N–H and O–H groups in total. The van der Waals surface area contributed by atoms with Crippen molar-refractivity contribution in [1.29, 1.82) is 5.26 Å². The van der Waals surface area contributed by atoms with Gasteiger partial charge in [0, 0.05) is 5.88 Å². The second-order valence-corrected chi connectivity index (χ2v) is 3.44. The number of rotatable bonds is 4. The fourth-order valence-electron chi connectivity index (χ4n) is 1.38. The Kier molecular flexibility index (Phi) is 4.80. The molecular formula is C12H12ClNO3. The molecule has 0 fully saturated rings. The number of ether oxygens (including phenoxy) is 2. The lowest BCUT2D eigenvalue weighted by atomic mass is 10.0. The lowest BCUT2D eigenvalue weighted by Gasteiger charge is -2.10. The first kappa shape index (κ1) is 13.3. The van der Waals surface area contributed by atoms with Crippen molar-refractivity contribution in [2.24, 2.45) is 0 Å². The number of benzene rings is 1. The maximum atomic E-state index is 11.7. The highest BCUT2D eigenvalue weighted by molar-refractivity contribution is 6.17. The maximum Gasteiger partial charge on any atom is 0.341 e. The van der Waals surface area contributed by atoms with E-state index in [9.17, 15) is 4.79 Å². The van der Waals surface area contributed by atoms with E-state index in [1.165, 1.54) is 19.2 Å². The molecule has 0 atom stereocenters. The topological polar surface area (TPSA) is 59.3 Å². The van der Waals surface area contributed by atoms with Crippen molar-refractivity contribution in [1.82, 2.24) is 0 Å². The zero-order valence-corrected chi connectivity index (χ0v) is 10.4. The molecule has 0 heterocycles. The molecule has 0 aliphatic heterocycles. The second kappa shape index (κ2) is 6.12. The van der Waals surface area contributed by atoms with Gasteiger partial charge in [0.1, 0.15) is 11.3 Å². The fourth-order valence-corrected chi connectivity index (χ4v) is 1.60. The molecular weight excluding hydrogens is 242 g/mol. The number of methoxy groups -OCH3 is 1. The molecule has 0 aliphatic rings. The Hall–Kier alpha value is -1.73. The molecule has 0 amide bonds. The molecule has 1 rings (SSSR count). The lowest BCUT2D eigenvalue weighted by molar-refractivity contribution is 0.0522. The van der Waals surface area contributed by atoms with Crippen molar-refractivity contribution in [2.45, 2.75) is 12.8 Å². The van der Waals surface area contributed by atoms with Gasteiger partial charge in [-0.2, -0.15) is 5.26 Å². The summed E-state index contributed by atoms with van der Waals surface area (Å²) in [6, 6.07) is 5.02. The van der Waals surface area contributed by atoms with Gasteiger partial charge in [-0.1, -0.05) is 0 Å². The van der Waals surface area contributed by atoms with E-state index in [2.05, 4.69) is 0 Å². The number of esters is 1. The third-order valence-corrected chi connectivity index (χ3v) is 2.47. The molecule has 4 nitrogen and oxygen atoms in total. The number of nitriles is 1. The minimum Gasteiger partial charge on any atom is -0.496 e. The average molecular weight is 254 g/mol. The molecule has 0 saturated carbocycles. The van der Waals surface area contributed by atoms with Gasteiger partial charge in [0.2, 0.25) is 0 Å². The van der Waals surface area contributed by atoms with Crippen molar-refractivity contribution in [2.75, 3.05) is 13.7 Å². The molecule has 1 aromatic rings. The number of hydrogen-bond donors (Lipinski definition) is 0. The van der Waals surface area contributed by atoms with Crippen LogP contribution < -0.4 is 4.74 Å². The largest absolute Gasteiger partial charge is 0.496 e. The summed E-state index contributed by atoms with van der Waals surface area (Å²) in [6.07, 6.45) is 0. The molecule has 5 heteroatoms. The van der Waals surface area contributed by atoms with Crippen molar-refractivity contribution < 1.29 is 14.3 Å². The van der Waals surface area contributed by atoms with Crippen molar-refractivity contribution in [3.8, 4) is 11.8 Å². The van der Waals surface area contributed by atoms with Gasteiger partial charge in [-0.3, -0.25) is 0 Å². The summed E-state index contributed by atoms with van der Waals surface area (Å²) in [5.41, 5.74) is 1.26. The molecule has 90 valence electrons. The van der Waals surface area contributed by atoms with Gasteiger partial charge < -0.3 is 9.47 Å². The van der Waals surface area contributed by atoms with E-state index in [1.807, 2.05) is 6.07 Å². The highest BCUT2D eigenvalue weighted by Crippen LogP contribution is 2.25. The van der Waals surface area contributed by atoms with Gasteiger partial charge in [-0.05, 0) is 24.6 Å². The first-order chi connectivity index (χ1) is 8.17. The molecule has 0 aliphatic carbocycles. The normalized spacial score (nSPS) is 9.53. The molecule has 1 aromatic carbocycles. The minimum absolute atomic E-state index is 0.152. The van der Waals surface area contributed by atoms with Gasteiger partial charge in [0.05, 0.1) is 25.3 Å². The zero-order chi connectivity index (χ0) is 12.8. The van der Waals surface area contributed by atoms with Crippen LogP contribution in [0, 0.1) is 11.3 Å². The summed E-state index contributed by atoms with van der Waals surface area (Å²) in [5.74, 6) is -0.0201. The summed E-state index contributed by atoms with van der Waals surface area (Å²) in [6.45, 7) is 1.99. The Balaban J connectivity index is 3.29. The SMILES string of the molecule is CCOC(=O)c1cc(CCl)c(C#N)cc1OC. The predicted octanol–water partition coefficient (Wildman–Crippen LogP) is 2.48. The third kappa shape index (κ3) is 2.89. The summed E-state index contributed by atoms with van der Waals surface area (Å²) < 4.78 is 9.96. The van der Waals surface area contributed by atoms with E-state index in [0.29, 0.717) is 16.9 Å². The highest BCUT2D eigenvalue weighted by Gasteiger charge is 2.16. The van der Waals surface area contributed by atoms with Crippen LogP contribution >= 0.6 is 11.6 Å². The molecule has 0 unspecified atom stereocenters. The molecule has 0 radical (unpaired) electrons. The van der Waals surface area contributed by atoms with Gasteiger partial charge in [0.25, 0.3) is 0 Å². The summed E-state index contributed by atoms with van der Waals surface area (Å²) in [7, 11) is 1.43. The summed E-state index contributed by atoms with van der Waals surface area (Å²) in [4.78, 5) is 11.7. The molecule has 0 bridgehead atoms. The minimum atomic E-state index is -0.486. The first-order valence-corrected chi connectivity index (χ1v) is 5.55. The molecule has 0 aromatic heterocycles. The predicted molar refractivity (Wildman–Crippen MR) is 63.2 cm³/mol. The van der Waals surface area contributed by atoms with Crippen molar-refractivity contribution in [3.05, 3.63) is 28.8 Å². The molecule has 0 saturated heterocycles. The van der Waals surface area contributed by atoms with Crippen molar-refractivity contribution >= 4 is 17.6 Å². The van der Waals surface area contributed by atoms with Crippen LogP contribution in [-0.2, 0) is 10.6 Å². The lowest BCUT2D eigenvalue weighted by Crippen LogP contribution is -2.08. The number of carbonyl (C=O) groups excluding carboxylic acids is 1. The van der Waals surface area contributed by atoms with E-state index in [4.69, 9.17) is 26.3 Å². The van der Waals surface area contributed by atoms with E-state index in [1.54, 1.807) is 6.92 Å². The van der Waals surface area contributed by atoms with Crippen LogP contribution in [0.2, 0.25) is 0 Å². The number of nitrogens with zero attached hydrogens (tertiary/aromatic N) is 1. The Bertz CT molecular complexity index is 466. The third-order valence-electron chi connectivity index (χ3n) is 2.19. The monoisotopic (exact) mass is 253 g/mol. The smallest absolute Gasteiger partial charge is 0.341 e.